The van der Waals surface area contributed by atoms with Gasteiger partial charge in [0.25, 0.3) is 0 Å². The molecule has 0 saturated heterocycles. The van der Waals surface area contributed by atoms with Gasteiger partial charge < -0.3 is 14.6 Å². The molecule has 1 saturated carbocycles. The van der Waals surface area contributed by atoms with Crippen molar-refractivity contribution in [1.29, 1.82) is 0 Å². The minimum Gasteiger partial charge on any atom is -0.550 e. The predicted molar refractivity (Wildman–Crippen MR) is 116 cm³/mol. The van der Waals surface area contributed by atoms with E-state index in [0.717, 1.165) is 32.1 Å². The normalized spacial score (nSPS) is 18.4. The van der Waals surface area contributed by atoms with Gasteiger partial charge in [-0.1, -0.05) is 89.5 Å². The van der Waals surface area contributed by atoms with Crippen LogP contribution >= 0.6 is 0 Å². The fourth-order valence-electron chi connectivity index (χ4n) is 4.31. The molecular formula is C25H43NaO4. The molecule has 0 aromatic heterocycles. The van der Waals surface area contributed by atoms with Crippen LogP contribution in [0.5, 0.6) is 0 Å². The Morgan fingerprint density at radius 1 is 0.767 bits per heavy atom. The van der Waals surface area contributed by atoms with Crippen LogP contribution < -0.4 is 34.7 Å². The Hall–Kier alpha value is -0.320. The quantitative estimate of drug-likeness (QED) is 0.145. The second-order valence-electron chi connectivity index (χ2n) is 8.66. The average Bonchev–Trinajstić information content (AvgIpc) is 2.73. The molecule has 1 aliphatic rings. The molecule has 0 radical (unpaired) electrons. The molecule has 0 bridgehead atoms. The number of rotatable bonds is 18. The molecule has 1 fully saturated rings. The third-order valence-corrected chi connectivity index (χ3v) is 6.17. The molecule has 0 aromatic rings. The minimum absolute atomic E-state index is 0. The summed E-state index contributed by atoms with van der Waals surface area (Å²) in [6, 6.07) is 0. The fourth-order valence-corrected chi connectivity index (χ4v) is 4.31. The minimum atomic E-state index is -1.10. The number of carboxylic acids is 1. The van der Waals surface area contributed by atoms with Crippen LogP contribution in [-0.2, 0) is 14.3 Å². The van der Waals surface area contributed by atoms with E-state index in [-0.39, 0.29) is 35.5 Å². The first kappa shape index (κ1) is 29.7. The van der Waals surface area contributed by atoms with Crippen LogP contribution in [0.4, 0.5) is 0 Å². The van der Waals surface area contributed by atoms with Gasteiger partial charge in [-0.15, -0.1) is 6.58 Å². The van der Waals surface area contributed by atoms with Crippen molar-refractivity contribution in [2.24, 2.45) is 11.8 Å². The fraction of sp³-hybridized carbons (Fsp3) is 0.840. The molecule has 2 unspecified atom stereocenters. The van der Waals surface area contributed by atoms with Gasteiger partial charge in [0.2, 0.25) is 0 Å². The first-order chi connectivity index (χ1) is 14.2. The molecule has 4 nitrogen and oxygen atoms in total. The van der Waals surface area contributed by atoms with Crippen LogP contribution in [0.3, 0.4) is 0 Å². The third-order valence-electron chi connectivity index (χ3n) is 6.17. The maximum absolute atomic E-state index is 12.1. The monoisotopic (exact) mass is 430 g/mol. The maximum atomic E-state index is 12.1. The summed E-state index contributed by atoms with van der Waals surface area (Å²) in [4.78, 5) is 23.3. The molecule has 1 rings (SSSR count). The van der Waals surface area contributed by atoms with Crippen molar-refractivity contribution in [2.75, 3.05) is 6.61 Å². The zero-order chi connectivity index (χ0) is 21.2. The standard InChI is InChI=1S/C25H44O4.Na/c1-2-3-4-5-6-7-8-9-10-11-12-13-14-15-18-21-29-25(28)23-20-17-16-19-22(23)24(26)27;/h2,22-23H,1,3-21H2,(H,26,27);/q;+1/p-1. The number of unbranched alkanes of at least 4 members (excludes halogenated alkanes) is 13. The number of carboxylic acid groups (broad SMARTS) is 1. The number of aliphatic carboxylic acids is 1. The van der Waals surface area contributed by atoms with Crippen molar-refractivity contribution in [3.05, 3.63) is 12.7 Å². The first-order valence-electron chi connectivity index (χ1n) is 12.1. The SMILES string of the molecule is C=CCCCCCCCCCCCCCCCOC(=O)C1CCCCC1C(=O)[O-].[Na+]. The van der Waals surface area contributed by atoms with Gasteiger partial charge >= 0.3 is 35.5 Å². The second-order valence-corrected chi connectivity index (χ2v) is 8.66. The number of ether oxygens (including phenoxy) is 1. The number of esters is 1. The summed E-state index contributed by atoms with van der Waals surface area (Å²) in [7, 11) is 0. The zero-order valence-electron chi connectivity index (χ0n) is 19.5. The summed E-state index contributed by atoms with van der Waals surface area (Å²) in [5, 5.41) is 11.2. The van der Waals surface area contributed by atoms with Crippen molar-refractivity contribution in [3.63, 3.8) is 0 Å². The Kier molecular flexibility index (Phi) is 20.4. The summed E-state index contributed by atoms with van der Waals surface area (Å²) in [6.07, 6.45) is 22.6. The molecule has 0 heterocycles. The molecule has 30 heavy (non-hydrogen) atoms. The van der Waals surface area contributed by atoms with Crippen molar-refractivity contribution >= 4 is 11.9 Å². The Morgan fingerprint density at radius 2 is 1.20 bits per heavy atom. The number of carbonyl (C=O) groups is 2. The first-order valence-corrected chi connectivity index (χ1v) is 12.1. The van der Waals surface area contributed by atoms with E-state index in [0.29, 0.717) is 19.4 Å². The molecule has 168 valence electrons. The van der Waals surface area contributed by atoms with E-state index in [9.17, 15) is 14.7 Å². The van der Waals surface area contributed by atoms with Crippen LogP contribution in [0, 0.1) is 11.8 Å². The number of allylic oxidation sites excluding steroid dienone is 1. The van der Waals surface area contributed by atoms with Crippen LogP contribution in [-0.4, -0.2) is 18.5 Å². The summed E-state index contributed by atoms with van der Waals surface area (Å²) in [6.45, 7) is 4.18. The largest absolute Gasteiger partial charge is 1.00 e. The number of hydrogen-bond donors (Lipinski definition) is 0. The van der Waals surface area contributed by atoms with Gasteiger partial charge in [-0.2, -0.15) is 0 Å². The van der Waals surface area contributed by atoms with Crippen LogP contribution in [0.1, 0.15) is 116 Å². The molecule has 2 atom stereocenters. The van der Waals surface area contributed by atoms with Crippen LogP contribution in [0.2, 0.25) is 0 Å². The molecule has 0 spiro atoms. The summed E-state index contributed by atoms with van der Waals surface area (Å²) in [5.74, 6) is -2.59. The Bertz CT molecular complexity index is 452. The smallest absolute Gasteiger partial charge is 0.550 e. The van der Waals surface area contributed by atoms with Gasteiger partial charge in [0, 0.05) is 11.9 Å². The molecule has 0 N–H and O–H groups in total. The number of hydrogen-bond acceptors (Lipinski definition) is 4. The molecule has 5 heteroatoms. The van der Waals surface area contributed by atoms with Crippen molar-refractivity contribution in [3.8, 4) is 0 Å². The molecule has 0 amide bonds. The van der Waals surface area contributed by atoms with Crippen molar-refractivity contribution < 1.29 is 49.0 Å². The van der Waals surface area contributed by atoms with Crippen molar-refractivity contribution in [1.82, 2.24) is 0 Å². The third kappa shape index (κ3) is 14.6. The van der Waals surface area contributed by atoms with Crippen LogP contribution in [0.15, 0.2) is 12.7 Å². The summed E-state index contributed by atoms with van der Waals surface area (Å²) < 4.78 is 5.34. The van der Waals surface area contributed by atoms with E-state index in [1.807, 2.05) is 6.08 Å². The number of carbonyl (C=O) groups excluding carboxylic acids is 2. The Balaban J connectivity index is 0.00000841. The molecule has 0 aliphatic heterocycles. The van der Waals surface area contributed by atoms with Gasteiger partial charge in [-0.05, 0) is 32.1 Å². The van der Waals surface area contributed by atoms with Gasteiger partial charge in [-0.3, -0.25) is 4.79 Å². The van der Waals surface area contributed by atoms with E-state index < -0.39 is 17.8 Å². The molecule has 1 aliphatic carbocycles. The predicted octanol–water partition coefficient (Wildman–Crippen LogP) is 2.74. The van der Waals surface area contributed by atoms with Crippen LogP contribution in [0.25, 0.3) is 0 Å². The van der Waals surface area contributed by atoms with Gasteiger partial charge in [0.15, 0.2) is 0 Å². The summed E-state index contributed by atoms with van der Waals surface area (Å²) >= 11 is 0. The van der Waals surface area contributed by atoms with Crippen molar-refractivity contribution in [2.45, 2.75) is 116 Å². The van der Waals surface area contributed by atoms with Gasteiger partial charge in [0.05, 0.1) is 12.5 Å². The second kappa shape index (κ2) is 20.6. The Morgan fingerprint density at radius 3 is 1.67 bits per heavy atom. The summed E-state index contributed by atoms with van der Waals surface area (Å²) in [5.41, 5.74) is 0. The van der Waals surface area contributed by atoms with E-state index in [1.165, 1.54) is 70.6 Å². The zero-order valence-corrected chi connectivity index (χ0v) is 21.5. The topological polar surface area (TPSA) is 66.4 Å². The van der Waals surface area contributed by atoms with E-state index in [1.54, 1.807) is 0 Å². The molecular weight excluding hydrogens is 387 g/mol. The maximum Gasteiger partial charge on any atom is 1.00 e. The van der Waals surface area contributed by atoms with E-state index in [4.69, 9.17) is 4.74 Å². The Labute approximate surface area is 206 Å². The average molecular weight is 431 g/mol. The van der Waals surface area contributed by atoms with Gasteiger partial charge in [0.1, 0.15) is 0 Å². The van der Waals surface area contributed by atoms with Gasteiger partial charge in [-0.25, -0.2) is 0 Å². The van der Waals surface area contributed by atoms with E-state index >= 15 is 0 Å². The van der Waals surface area contributed by atoms with E-state index in [2.05, 4.69) is 6.58 Å². The molecule has 0 aromatic carbocycles.